The van der Waals surface area contributed by atoms with Gasteiger partial charge in [0, 0.05) is 22.4 Å². The standard InChI is InChI=1S/C14H11N.C10H8N2O.ClH/c1-10-8-9-15-14-12(10)7-6-11-4-2-3-5-13(11)14;13-11-7-9-6-5-8-3-1-2-4-10(8)12-9;/h2-9H,1H3;1-7,13H;1H. The minimum absolute atomic E-state index is 0. The Balaban J connectivity index is 0.000000162. The minimum atomic E-state index is 0. The summed E-state index contributed by atoms with van der Waals surface area (Å²) in [6, 6.07) is 26.3. The quantitative estimate of drug-likeness (QED) is 0.158. The molecule has 0 fully saturated rings. The predicted molar refractivity (Wildman–Crippen MR) is 122 cm³/mol. The van der Waals surface area contributed by atoms with Gasteiger partial charge in [0.15, 0.2) is 0 Å². The highest BCUT2D eigenvalue weighted by molar-refractivity contribution is 6.05. The van der Waals surface area contributed by atoms with Gasteiger partial charge in [-0.05, 0) is 36.1 Å². The Labute approximate surface area is 175 Å². The van der Waals surface area contributed by atoms with E-state index >= 15 is 0 Å². The Bertz CT molecular complexity index is 1300. The fraction of sp³-hybridized carbons (Fsp3) is 0.0417. The van der Waals surface area contributed by atoms with Crippen LogP contribution in [0.25, 0.3) is 32.6 Å². The second-order valence-electron chi connectivity index (χ2n) is 6.48. The van der Waals surface area contributed by atoms with Crippen LogP contribution >= 0.6 is 12.4 Å². The number of aryl methyl sites for hydroxylation is 1. The normalized spacial score (nSPS) is 10.7. The number of nitrogens with zero attached hydrogens (tertiary/aromatic N) is 3. The van der Waals surface area contributed by atoms with Crippen LogP contribution in [0.2, 0.25) is 0 Å². The third-order valence-electron chi connectivity index (χ3n) is 4.66. The summed E-state index contributed by atoms with van der Waals surface area (Å²) < 4.78 is 0. The maximum Gasteiger partial charge on any atom is 0.0918 e. The monoisotopic (exact) mass is 401 g/mol. The lowest BCUT2D eigenvalue weighted by molar-refractivity contribution is 0.321. The third kappa shape index (κ3) is 4.33. The molecule has 5 heteroatoms. The van der Waals surface area contributed by atoms with Crippen LogP contribution in [0.5, 0.6) is 0 Å². The summed E-state index contributed by atoms with van der Waals surface area (Å²) >= 11 is 0. The van der Waals surface area contributed by atoms with Gasteiger partial charge in [0.1, 0.15) is 0 Å². The summed E-state index contributed by atoms with van der Waals surface area (Å²) in [5.41, 5.74) is 3.94. The van der Waals surface area contributed by atoms with Gasteiger partial charge in [-0.2, -0.15) is 0 Å². The first-order chi connectivity index (χ1) is 13.8. The summed E-state index contributed by atoms with van der Waals surface area (Å²) in [7, 11) is 0. The molecular weight excluding hydrogens is 382 g/mol. The van der Waals surface area contributed by atoms with Crippen molar-refractivity contribution in [3.8, 4) is 0 Å². The van der Waals surface area contributed by atoms with Gasteiger partial charge < -0.3 is 5.21 Å². The first-order valence-electron chi connectivity index (χ1n) is 9.02. The molecule has 4 nitrogen and oxygen atoms in total. The lowest BCUT2D eigenvalue weighted by Gasteiger charge is -2.04. The zero-order valence-corrected chi connectivity index (χ0v) is 16.7. The summed E-state index contributed by atoms with van der Waals surface area (Å²) in [5, 5.41) is 16.1. The molecule has 0 aliphatic carbocycles. The second-order valence-corrected chi connectivity index (χ2v) is 6.48. The maximum absolute atomic E-state index is 8.32. The number of benzene rings is 3. The van der Waals surface area contributed by atoms with Gasteiger partial charge in [-0.3, -0.25) is 4.98 Å². The van der Waals surface area contributed by atoms with Crippen LogP contribution < -0.4 is 0 Å². The molecule has 2 aromatic heterocycles. The van der Waals surface area contributed by atoms with E-state index in [1.807, 2.05) is 42.6 Å². The Kier molecular flexibility index (Phi) is 6.37. The number of halogens is 1. The third-order valence-corrected chi connectivity index (χ3v) is 4.66. The molecule has 3 aromatic carbocycles. The van der Waals surface area contributed by atoms with Crippen LogP contribution in [0.3, 0.4) is 0 Å². The number of rotatable bonds is 1. The van der Waals surface area contributed by atoms with E-state index < -0.39 is 0 Å². The Morgan fingerprint density at radius 3 is 2.34 bits per heavy atom. The molecule has 29 heavy (non-hydrogen) atoms. The van der Waals surface area contributed by atoms with Crippen molar-refractivity contribution < 1.29 is 5.21 Å². The van der Waals surface area contributed by atoms with E-state index in [0.717, 1.165) is 16.4 Å². The highest BCUT2D eigenvalue weighted by Crippen LogP contribution is 2.25. The van der Waals surface area contributed by atoms with E-state index in [2.05, 4.69) is 64.5 Å². The Hall–Kier alpha value is -3.50. The highest BCUT2D eigenvalue weighted by atomic mass is 35.5. The van der Waals surface area contributed by atoms with Crippen molar-refractivity contribution in [2.24, 2.45) is 5.16 Å². The van der Waals surface area contributed by atoms with Crippen molar-refractivity contribution in [3.05, 3.63) is 96.3 Å². The summed E-state index contributed by atoms with van der Waals surface area (Å²) in [6.07, 6.45) is 3.19. The number of oxime groups is 1. The van der Waals surface area contributed by atoms with Gasteiger partial charge in [-0.1, -0.05) is 65.8 Å². The first-order valence-corrected chi connectivity index (χ1v) is 9.02. The van der Waals surface area contributed by atoms with Crippen LogP contribution in [0, 0.1) is 6.92 Å². The lowest BCUT2D eigenvalue weighted by atomic mass is 10.0. The largest absolute Gasteiger partial charge is 0.411 e. The highest BCUT2D eigenvalue weighted by Gasteiger charge is 2.02. The van der Waals surface area contributed by atoms with E-state index in [0.29, 0.717) is 5.69 Å². The summed E-state index contributed by atoms with van der Waals surface area (Å²) in [4.78, 5) is 8.73. The minimum Gasteiger partial charge on any atom is -0.411 e. The van der Waals surface area contributed by atoms with Gasteiger partial charge in [0.05, 0.1) is 22.9 Å². The van der Waals surface area contributed by atoms with Gasteiger partial charge in [0.2, 0.25) is 0 Å². The molecule has 0 saturated carbocycles. The van der Waals surface area contributed by atoms with Crippen LogP contribution in [0.1, 0.15) is 11.3 Å². The van der Waals surface area contributed by atoms with E-state index in [9.17, 15) is 0 Å². The average molecular weight is 402 g/mol. The molecule has 0 saturated heterocycles. The van der Waals surface area contributed by atoms with Gasteiger partial charge in [0.25, 0.3) is 0 Å². The summed E-state index contributed by atoms with van der Waals surface area (Å²) in [6.45, 7) is 2.12. The molecule has 0 radical (unpaired) electrons. The first kappa shape index (κ1) is 20.2. The molecule has 0 aliphatic rings. The van der Waals surface area contributed by atoms with E-state index in [1.54, 1.807) is 0 Å². The van der Waals surface area contributed by atoms with Gasteiger partial charge >= 0.3 is 0 Å². The number of hydrogen-bond donors (Lipinski definition) is 1. The van der Waals surface area contributed by atoms with Crippen molar-refractivity contribution in [1.29, 1.82) is 0 Å². The van der Waals surface area contributed by atoms with Crippen LogP contribution in [0.4, 0.5) is 0 Å². The van der Waals surface area contributed by atoms with Crippen molar-refractivity contribution in [2.75, 3.05) is 0 Å². The SMILES string of the molecule is Cc1ccnc2c1ccc1ccccc12.Cl.ON=Cc1ccc2ccccc2n1. The number of hydrogen-bond acceptors (Lipinski definition) is 4. The van der Waals surface area contributed by atoms with Crippen LogP contribution in [0.15, 0.2) is 90.2 Å². The smallest absolute Gasteiger partial charge is 0.0918 e. The molecular formula is C24H20ClN3O. The van der Waals surface area contributed by atoms with E-state index in [1.165, 1.54) is 27.9 Å². The Morgan fingerprint density at radius 1 is 0.793 bits per heavy atom. The van der Waals surface area contributed by atoms with E-state index in [4.69, 9.17) is 5.21 Å². The average Bonchev–Trinajstić information content (AvgIpc) is 2.74. The molecule has 5 aromatic rings. The maximum atomic E-state index is 8.32. The molecule has 0 amide bonds. The number of aromatic nitrogens is 2. The number of pyridine rings is 2. The van der Waals surface area contributed by atoms with Crippen molar-refractivity contribution in [1.82, 2.24) is 9.97 Å². The number of para-hydroxylation sites is 1. The zero-order chi connectivity index (χ0) is 19.3. The fourth-order valence-corrected chi connectivity index (χ4v) is 3.24. The van der Waals surface area contributed by atoms with Crippen molar-refractivity contribution >= 4 is 51.2 Å². The molecule has 2 heterocycles. The number of fused-ring (bicyclic) bond motifs is 4. The zero-order valence-electron chi connectivity index (χ0n) is 15.9. The summed E-state index contributed by atoms with van der Waals surface area (Å²) in [5.74, 6) is 0. The molecule has 0 aliphatic heterocycles. The molecule has 0 atom stereocenters. The van der Waals surface area contributed by atoms with Crippen molar-refractivity contribution in [2.45, 2.75) is 6.92 Å². The molecule has 1 N–H and O–H groups in total. The van der Waals surface area contributed by atoms with E-state index in [-0.39, 0.29) is 12.4 Å². The molecule has 0 unspecified atom stereocenters. The lowest BCUT2D eigenvalue weighted by Crippen LogP contribution is -1.87. The topological polar surface area (TPSA) is 58.4 Å². The van der Waals surface area contributed by atoms with Crippen LogP contribution in [-0.4, -0.2) is 21.4 Å². The molecule has 5 rings (SSSR count). The van der Waals surface area contributed by atoms with Gasteiger partial charge in [-0.15, -0.1) is 12.4 Å². The Morgan fingerprint density at radius 2 is 1.52 bits per heavy atom. The second kappa shape index (κ2) is 9.13. The van der Waals surface area contributed by atoms with Crippen molar-refractivity contribution in [3.63, 3.8) is 0 Å². The molecule has 0 bridgehead atoms. The van der Waals surface area contributed by atoms with Gasteiger partial charge in [-0.25, -0.2) is 4.98 Å². The predicted octanol–water partition coefficient (Wildman–Crippen LogP) is 6.16. The van der Waals surface area contributed by atoms with Crippen LogP contribution in [-0.2, 0) is 0 Å². The fourth-order valence-electron chi connectivity index (χ4n) is 3.24. The molecule has 144 valence electrons. The molecule has 0 spiro atoms.